The number of hydrogen-bond acceptors (Lipinski definition) is 4. The summed E-state index contributed by atoms with van der Waals surface area (Å²) in [4.78, 5) is 0. The second-order valence-corrected chi connectivity index (χ2v) is 4.97. The normalized spacial score (nSPS) is 18.8. The summed E-state index contributed by atoms with van der Waals surface area (Å²) in [6, 6.07) is 9.48. The van der Waals surface area contributed by atoms with Crippen LogP contribution in [0.25, 0.3) is 0 Å². The van der Waals surface area contributed by atoms with E-state index in [1.54, 1.807) is 6.20 Å². The molecule has 2 atom stereocenters. The zero-order valence-corrected chi connectivity index (χ0v) is 11.4. The number of ether oxygens (including phenoxy) is 2. The predicted octanol–water partition coefficient (Wildman–Crippen LogP) is 1.55. The third-order valence-corrected chi connectivity index (χ3v) is 3.58. The van der Waals surface area contributed by atoms with Crippen molar-refractivity contribution in [1.82, 2.24) is 9.78 Å². The van der Waals surface area contributed by atoms with E-state index >= 15 is 0 Å². The van der Waals surface area contributed by atoms with Gasteiger partial charge in [-0.1, -0.05) is 12.1 Å². The van der Waals surface area contributed by atoms with Gasteiger partial charge in [0.05, 0.1) is 6.10 Å². The highest BCUT2D eigenvalue weighted by molar-refractivity contribution is 5.40. The molecule has 1 aliphatic rings. The molecule has 20 heavy (non-hydrogen) atoms. The van der Waals surface area contributed by atoms with Gasteiger partial charge >= 0.3 is 0 Å². The number of aromatic nitrogens is 2. The summed E-state index contributed by atoms with van der Waals surface area (Å²) in [6.07, 6.45) is 2.27. The smallest absolute Gasteiger partial charge is 0.161 e. The average molecular weight is 274 g/mol. The highest BCUT2D eigenvalue weighted by atomic mass is 16.6. The number of nitrogens with zero attached hydrogens (tertiary/aromatic N) is 2. The summed E-state index contributed by atoms with van der Waals surface area (Å²) in [6.45, 7) is 0.379. The summed E-state index contributed by atoms with van der Waals surface area (Å²) >= 11 is 0. The Morgan fingerprint density at radius 2 is 2.15 bits per heavy atom. The molecule has 1 aromatic heterocycles. The summed E-state index contributed by atoms with van der Waals surface area (Å²) < 4.78 is 13.2. The van der Waals surface area contributed by atoms with Gasteiger partial charge in [-0.05, 0) is 31.0 Å². The molecule has 0 fully saturated rings. The molecule has 106 valence electrons. The largest absolute Gasteiger partial charge is 0.486 e. The van der Waals surface area contributed by atoms with Crippen LogP contribution in [0, 0.1) is 0 Å². The van der Waals surface area contributed by atoms with Crippen LogP contribution < -0.4 is 9.47 Å². The van der Waals surface area contributed by atoms with Crippen LogP contribution in [0.2, 0.25) is 0 Å². The van der Waals surface area contributed by atoms with Crippen molar-refractivity contribution in [2.75, 3.05) is 6.61 Å². The standard InChI is InChI=1S/C15H18N2O3/c1-17-11(8-9-16-17)6-7-12(18)15-10-19-13-4-2-3-5-14(13)20-15/h2-5,8-9,12,15,18H,6-7,10H2,1H3. The van der Waals surface area contributed by atoms with E-state index in [0.29, 0.717) is 18.8 Å². The lowest BCUT2D eigenvalue weighted by Crippen LogP contribution is -2.40. The Hall–Kier alpha value is -2.01. The number of rotatable bonds is 4. The molecule has 0 amide bonds. The van der Waals surface area contributed by atoms with Gasteiger partial charge in [-0.15, -0.1) is 0 Å². The summed E-state index contributed by atoms with van der Waals surface area (Å²) in [7, 11) is 1.90. The number of aliphatic hydroxyl groups excluding tert-OH is 1. The van der Waals surface area contributed by atoms with Crippen LogP contribution in [-0.4, -0.2) is 33.7 Å². The maximum absolute atomic E-state index is 10.3. The van der Waals surface area contributed by atoms with Gasteiger partial charge in [-0.3, -0.25) is 4.68 Å². The Morgan fingerprint density at radius 3 is 2.90 bits per heavy atom. The predicted molar refractivity (Wildman–Crippen MR) is 73.9 cm³/mol. The van der Waals surface area contributed by atoms with Gasteiger partial charge in [-0.25, -0.2) is 0 Å². The van der Waals surface area contributed by atoms with Gasteiger partial charge in [0.25, 0.3) is 0 Å². The first kappa shape index (κ1) is 13.0. The third-order valence-electron chi connectivity index (χ3n) is 3.58. The molecule has 0 radical (unpaired) electrons. The number of aryl methyl sites for hydroxylation is 2. The van der Waals surface area contributed by atoms with E-state index in [-0.39, 0.29) is 6.10 Å². The summed E-state index contributed by atoms with van der Waals surface area (Å²) in [5, 5.41) is 14.4. The van der Waals surface area contributed by atoms with Gasteiger partial charge in [0, 0.05) is 18.9 Å². The van der Waals surface area contributed by atoms with Crippen LogP contribution in [0.1, 0.15) is 12.1 Å². The first-order chi connectivity index (χ1) is 9.74. The van der Waals surface area contributed by atoms with Crippen LogP contribution in [0.3, 0.4) is 0 Å². The zero-order chi connectivity index (χ0) is 13.9. The van der Waals surface area contributed by atoms with E-state index in [4.69, 9.17) is 9.47 Å². The van der Waals surface area contributed by atoms with E-state index in [1.807, 2.05) is 42.1 Å². The molecule has 1 N–H and O–H groups in total. The molecule has 0 spiro atoms. The van der Waals surface area contributed by atoms with E-state index in [9.17, 15) is 5.11 Å². The van der Waals surface area contributed by atoms with Crippen LogP contribution in [-0.2, 0) is 13.5 Å². The molecule has 2 heterocycles. The van der Waals surface area contributed by atoms with E-state index < -0.39 is 6.10 Å². The molecule has 5 heteroatoms. The Morgan fingerprint density at radius 1 is 1.35 bits per heavy atom. The molecule has 1 aromatic carbocycles. The molecule has 1 aliphatic heterocycles. The van der Waals surface area contributed by atoms with Crippen molar-refractivity contribution < 1.29 is 14.6 Å². The van der Waals surface area contributed by atoms with Crippen molar-refractivity contribution in [2.45, 2.75) is 25.0 Å². The Kier molecular flexibility index (Phi) is 3.60. The molecular formula is C15H18N2O3. The van der Waals surface area contributed by atoms with Gasteiger partial charge in [0.15, 0.2) is 17.6 Å². The Labute approximate surface area is 117 Å². The molecule has 2 aromatic rings. The minimum Gasteiger partial charge on any atom is -0.486 e. The molecule has 0 saturated heterocycles. The van der Waals surface area contributed by atoms with Crippen LogP contribution >= 0.6 is 0 Å². The van der Waals surface area contributed by atoms with Gasteiger partial charge < -0.3 is 14.6 Å². The van der Waals surface area contributed by atoms with E-state index in [1.165, 1.54) is 0 Å². The first-order valence-corrected chi connectivity index (χ1v) is 6.77. The van der Waals surface area contributed by atoms with Crippen molar-refractivity contribution in [2.24, 2.45) is 7.05 Å². The van der Waals surface area contributed by atoms with E-state index in [2.05, 4.69) is 5.10 Å². The Bertz CT molecular complexity index is 582. The number of fused-ring (bicyclic) bond motifs is 1. The second-order valence-electron chi connectivity index (χ2n) is 4.97. The van der Waals surface area contributed by atoms with Crippen molar-refractivity contribution in [3.05, 3.63) is 42.2 Å². The first-order valence-electron chi connectivity index (χ1n) is 6.77. The maximum atomic E-state index is 10.3. The second kappa shape index (κ2) is 5.54. The minimum atomic E-state index is -0.557. The fourth-order valence-corrected chi connectivity index (χ4v) is 2.35. The molecule has 2 unspecified atom stereocenters. The van der Waals surface area contributed by atoms with E-state index in [0.717, 1.165) is 17.9 Å². The van der Waals surface area contributed by atoms with Crippen LogP contribution in [0.5, 0.6) is 11.5 Å². The van der Waals surface area contributed by atoms with Crippen molar-refractivity contribution in [3.8, 4) is 11.5 Å². The zero-order valence-electron chi connectivity index (χ0n) is 11.4. The monoisotopic (exact) mass is 274 g/mol. The highest BCUT2D eigenvalue weighted by Gasteiger charge is 2.27. The molecule has 0 saturated carbocycles. The van der Waals surface area contributed by atoms with Gasteiger partial charge in [0.1, 0.15) is 6.61 Å². The minimum absolute atomic E-state index is 0.321. The lowest BCUT2D eigenvalue weighted by atomic mass is 10.1. The third kappa shape index (κ3) is 2.63. The number of para-hydroxylation sites is 2. The van der Waals surface area contributed by atoms with Crippen molar-refractivity contribution >= 4 is 0 Å². The van der Waals surface area contributed by atoms with Gasteiger partial charge in [-0.2, -0.15) is 5.10 Å². The SMILES string of the molecule is Cn1nccc1CCC(O)C1COc2ccccc2O1. The van der Waals surface area contributed by atoms with Crippen molar-refractivity contribution in [3.63, 3.8) is 0 Å². The summed E-state index contributed by atoms with van der Waals surface area (Å²) in [5.74, 6) is 1.44. The summed E-state index contributed by atoms with van der Waals surface area (Å²) in [5.41, 5.74) is 1.10. The van der Waals surface area contributed by atoms with Crippen LogP contribution in [0.4, 0.5) is 0 Å². The molecular weight excluding hydrogens is 256 g/mol. The quantitative estimate of drug-likeness (QED) is 0.919. The molecule has 0 aliphatic carbocycles. The van der Waals surface area contributed by atoms with Gasteiger partial charge in [0.2, 0.25) is 0 Å². The average Bonchev–Trinajstić information content (AvgIpc) is 2.89. The van der Waals surface area contributed by atoms with Crippen molar-refractivity contribution in [1.29, 1.82) is 0 Å². The molecule has 3 rings (SSSR count). The topological polar surface area (TPSA) is 56.5 Å². The molecule has 0 bridgehead atoms. The maximum Gasteiger partial charge on any atom is 0.161 e. The number of hydrogen-bond donors (Lipinski definition) is 1. The lowest BCUT2D eigenvalue weighted by Gasteiger charge is -2.29. The fraction of sp³-hybridized carbons (Fsp3) is 0.400. The fourth-order valence-electron chi connectivity index (χ4n) is 2.35. The van der Waals surface area contributed by atoms with Crippen LogP contribution in [0.15, 0.2) is 36.5 Å². The highest BCUT2D eigenvalue weighted by Crippen LogP contribution is 2.32. The molecule has 5 nitrogen and oxygen atoms in total. The lowest BCUT2D eigenvalue weighted by molar-refractivity contribution is -0.0135. The number of benzene rings is 1. The Balaban J connectivity index is 1.59. The number of aliphatic hydroxyl groups is 1.